The Labute approximate surface area is 126 Å². The molecule has 0 aromatic carbocycles. The van der Waals surface area contributed by atoms with Crippen LogP contribution in [0.3, 0.4) is 0 Å². The summed E-state index contributed by atoms with van der Waals surface area (Å²) in [6, 6.07) is 1.93. The first-order valence-corrected chi connectivity index (χ1v) is 8.52. The van der Waals surface area contributed by atoms with Crippen LogP contribution in [0.4, 0.5) is 0 Å². The van der Waals surface area contributed by atoms with E-state index in [0.29, 0.717) is 32.0 Å². The molecule has 0 radical (unpaired) electrons. The summed E-state index contributed by atoms with van der Waals surface area (Å²) in [4.78, 5) is 4.11. The molecule has 21 heavy (non-hydrogen) atoms. The van der Waals surface area contributed by atoms with Gasteiger partial charge in [-0.25, -0.2) is 13.1 Å². The highest BCUT2D eigenvalue weighted by molar-refractivity contribution is 7.89. The maximum Gasteiger partial charge on any atom is 0.211 e. The molecular weight excluding hydrogens is 292 g/mol. The zero-order valence-electron chi connectivity index (χ0n) is 12.8. The van der Waals surface area contributed by atoms with Crippen LogP contribution < -0.4 is 15.4 Å². The number of aromatic nitrogens is 2. The lowest BCUT2D eigenvalue weighted by Gasteiger charge is -2.12. The topological polar surface area (TPSA) is 100 Å². The van der Waals surface area contributed by atoms with Gasteiger partial charge in [-0.05, 0) is 19.4 Å². The van der Waals surface area contributed by atoms with E-state index >= 15 is 0 Å². The Bertz CT molecular complexity index is 552. The second-order valence-corrected chi connectivity index (χ2v) is 6.55. The summed E-state index contributed by atoms with van der Waals surface area (Å²) in [6.45, 7) is 3.29. The maximum atomic E-state index is 11.2. The van der Waals surface area contributed by atoms with Crippen molar-refractivity contribution in [3.8, 4) is 0 Å². The average Bonchev–Trinajstić information content (AvgIpc) is 2.87. The Morgan fingerprint density at radius 3 is 2.71 bits per heavy atom. The molecular formula is C12H24N6O2S. The van der Waals surface area contributed by atoms with Gasteiger partial charge in [-0.15, -0.1) is 0 Å². The van der Waals surface area contributed by atoms with Crippen molar-refractivity contribution in [3.05, 3.63) is 18.0 Å². The third-order valence-electron chi connectivity index (χ3n) is 2.93. The third-order valence-corrected chi connectivity index (χ3v) is 4.34. The van der Waals surface area contributed by atoms with Gasteiger partial charge < -0.3 is 10.6 Å². The van der Waals surface area contributed by atoms with E-state index in [1.807, 2.05) is 13.1 Å². The lowest BCUT2D eigenvalue weighted by Crippen LogP contribution is -2.38. The molecule has 0 fully saturated rings. The molecule has 0 bridgehead atoms. The van der Waals surface area contributed by atoms with Crippen LogP contribution in [-0.2, 0) is 23.6 Å². The van der Waals surface area contributed by atoms with E-state index in [0.717, 1.165) is 5.69 Å². The average molecular weight is 316 g/mol. The van der Waals surface area contributed by atoms with Crippen LogP contribution in [0.5, 0.6) is 0 Å². The molecule has 0 aliphatic heterocycles. The molecule has 1 aromatic heterocycles. The quantitative estimate of drug-likeness (QED) is 0.338. The smallest absolute Gasteiger partial charge is 0.211 e. The van der Waals surface area contributed by atoms with Crippen molar-refractivity contribution in [2.45, 2.75) is 19.9 Å². The van der Waals surface area contributed by atoms with Crippen LogP contribution in [0.2, 0.25) is 0 Å². The first-order valence-electron chi connectivity index (χ1n) is 6.87. The fourth-order valence-electron chi connectivity index (χ4n) is 1.59. The van der Waals surface area contributed by atoms with Gasteiger partial charge in [0.15, 0.2) is 5.96 Å². The molecule has 0 atom stereocenters. The van der Waals surface area contributed by atoms with E-state index < -0.39 is 10.0 Å². The van der Waals surface area contributed by atoms with Gasteiger partial charge in [-0.3, -0.25) is 9.67 Å². The van der Waals surface area contributed by atoms with E-state index in [-0.39, 0.29) is 5.75 Å². The van der Waals surface area contributed by atoms with Gasteiger partial charge in [0.25, 0.3) is 0 Å². The van der Waals surface area contributed by atoms with Crippen LogP contribution >= 0.6 is 0 Å². The van der Waals surface area contributed by atoms with Crippen molar-refractivity contribution in [1.82, 2.24) is 25.1 Å². The lowest BCUT2D eigenvalue weighted by molar-refractivity contribution is 0.579. The molecule has 0 aliphatic rings. The molecule has 0 aliphatic carbocycles. The maximum absolute atomic E-state index is 11.2. The molecule has 0 unspecified atom stereocenters. The predicted molar refractivity (Wildman–Crippen MR) is 83.5 cm³/mol. The van der Waals surface area contributed by atoms with Crippen LogP contribution in [-0.4, -0.2) is 50.0 Å². The zero-order valence-corrected chi connectivity index (χ0v) is 13.6. The van der Waals surface area contributed by atoms with Gasteiger partial charge in [-0.2, -0.15) is 5.10 Å². The van der Waals surface area contributed by atoms with Gasteiger partial charge >= 0.3 is 0 Å². The molecule has 1 aromatic rings. The molecule has 0 spiro atoms. The summed E-state index contributed by atoms with van der Waals surface area (Å²) in [5, 5.41) is 10.4. The number of nitrogens with one attached hydrogen (secondary N) is 3. The van der Waals surface area contributed by atoms with Crippen molar-refractivity contribution in [1.29, 1.82) is 0 Å². The van der Waals surface area contributed by atoms with E-state index in [4.69, 9.17) is 0 Å². The number of hydrogen-bond acceptors (Lipinski definition) is 4. The lowest BCUT2D eigenvalue weighted by atomic mass is 10.4. The Kier molecular flexibility index (Phi) is 7.17. The number of sulfonamides is 1. The molecule has 120 valence electrons. The Hall–Kier alpha value is -1.61. The first kappa shape index (κ1) is 17.4. The van der Waals surface area contributed by atoms with Crippen LogP contribution in [0, 0.1) is 0 Å². The van der Waals surface area contributed by atoms with Crippen molar-refractivity contribution in [3.63, 3.8) is 0 Å². The van der Waals surface area contributed by atoms with Gasteiger partial charge in [0.1, 0.15) is 0 Å². The molecule has 0 saturated carbocycles. The third kappa shape index (κ3) is 6.58. The van der Waals surface area contributed by atoms with Crippen molar-refractivity contribution >= 4 is 16.0 Å². The fourth-order valence-corrected chi connectivity index (χ4v) is 2.25. The SMILES string of the molecule is CCS(=O)(=O)NCCCNC(=NC)NCc1ccnn1C. The largest absolute Gasteiger partial charge is 0.356 e. The van der Waals surface area contributed by atoms with E-state index in [1.165, 1.54) is 0 Å². The van der Waals surface area contributed by atoms with E-state index in [2.05, 4.69) is 25.4 Å². The standard InChI is InChI=1S/C12H24N6O2S/c1-4-21(19,20)17-8-5-7-14-12(13-2)15-10-11-6-9-16-18(11)3/h6,9,17H,4-5,7-8,10H2,1-3H3,(H2,13,14,15). The van der Waals surface area contributed by atoms with Gasteiger partial charge in [0, 0.05) is 33.4 Å². The van der Waals surface area contributed by atoms with Crippen LogP contribution in [0.1, 0.15) is 19.0 Å². The number of hydrogen-bond donors (Lipinski definition) is 3. The Balaban J connectivity index is 2.22. The summed E-state index contributed by atoms with van der Waals surface area (Å²) in [7, 11) is 0.471. The molecule has 0 amide bonds. The zero-order chi connectivity index (χ0) is 15.7. The normalized spacial score (nSPS) is 12.4. The molecule has 9 heteroatoms. The summed E-state index contributed by atoms with van der Waals surface area (Å²) in [5.41, 5.74) is 1.05. The van der Waals surface area contributed by atoms with Gasteiger partial charge in [0.05, 0.1) is 18.0 Å². The van der Waals surface area contributed by atoms with Gasteiger partial charge in [0.2, 0.25) is 10.0 Å². The van der Waals surface area contributed by atoms with Crippen LogP contribution in [0.25, 0.3) is 0 Å². The molecule has 0 saturated heterocycles. The fraction of sp³-hybridized carbons (Fsp3) is 0.667. The van der Waals surface area contributed by atoms with Crippen molar-refractivity contribution < 1.29 is 8.42 Å². The van der Waals surface area contributed by atoms with E-state index in [1.54, 1.807) is 24.9 Å². The molecule has 8 nitrogen and oxygen atoms in total. The summed E-state index contributed by atoms with van der Waals surface area (Å²) < 4.78 is 26.8. The Morgan fingerprint density at radius 1 is 1.38 bits per heavy atom. The Morgan fingerprint density at radius 2 is 2.14 bits per heavy atom. The predicted octanol–water partition coefficient (Wildman–Crippen LogP) is -0.585. The number of guanidine groups is 1. The first-order chi connectivity index (χ1) is 9.98. The van der Waals surface area contributed by atoms with E-state index in [9.17, 15) is 8.42 Å². The highest BCUT2D eigenvalue weighted by atomic mass is 32.2. The molecule has 3 N–H and O–H groups in total. The minimum absolute atomic E-state index is 0.106. The molecule has 1 heterocycles. The minimum Gasteiger partial charge on any atom is -0.356 e. The minimum atomic E-state index is -3.10. The second-order valence-electron chi connectivity index (χ2n) is 4.45. The number of aliphatic imine (C=N–C) groups is 1. The number of aryl methyl sites for hydroxylation is 1. The van der Waals surface area contributed by atoms with Crippen molar-refractivity contribution in [2.24, 2.45) is 12.0 Å². The summed E-state index contributed by atoms with van der Waals surface area (Å²) in [6.07, 6.45) is 2.43. The summed E-state index contributed by atoms with van der Waals surface area (Å²) in [5.74, 6) is 0.781. The highest BCUT2D eigenvalue weighted by Crippen LogP contribution is 1.94. The van der Waals surface area contributed by atoms with Crippen molar-refractivity contribution in [2.75, 3.05) is 25.9 Å². The number of nitrogens with zero attached hydrogens (tertiary/aromatic N) is 3. The second kappa shape index (κ2) is 8.63. The summed E-state index contributed by atoms with van der Waals surface area (Å²) >= 11 is 0. The molecule has 1 rings (SSSR count). The van der Waals surface area contributed by atoms with Crippen LogP contribution in [0.15, 0.2) is 17.3 Å². The number of rotatable bonds is 8. The highest BCUT2D eigenvalue weighted by Gasteiger charge is 2.05. The monoisotopic (exact) mass is 316 g/mol. The van der Waals surface area contributed by atoms with Gasteiger partial charge in [-0.1, -0.05) is 0 Å².